The molecule has 1 aliphatic rings. The number of pyridine rings is 1. The molecule has 0 aliphatic carbocycles. The first-order valence-electron chi connectivity index (χ1n) is 11.4. The predicted octanol–water partition coefficient (Wildman–Crippen LogP) is 5.79. The Kier molecular flexibility index (Phi) is 5.88. The molecule has 5 heteroatoms. The van der Waals surface area contributed by atoms with Crippen molar-refractivity contribution in [3.63, 3.8) is 0 Å². The summed E-state index contributed by atoms with van der Waals surface area (Å²) in [4.78, 5) is 9.36. The first kappa shape index (κ1) is 21.3. The van der Waals surface area contributed by atoms with Gasteiger partial charge < -0.3 is 19.9 Å². The van der Waals surface area contributed by atoms with Gasteiger partial charge in [-0.25, -0.2) is 0 Å². The van der Waals surface area contributed by atoms with Crippen LogP contribution in [0.4, 0.5) is 17.1 Å². The number of methoxy groups -OCH3 is 1. The molecule has 1 unspecified atom stereocenters. The number of hydrogen-bond acceptors (Lipinski definition) is 5. The van der Waals surface area contributed by atoms with Crippen molar-refractivity contribution in [2.45, 2.75) is 12.5 Å². The van der Waals surface area contributed by atoms with Gasteiger partial charge in [0.05, 0.1) is 12.6 Å². The Bertz CT molecular complexity index is 1250. The SMILES string of the molecule is COc1cccc(-c2ccc3nccc(Nc4ccc(N5CCC(N(C)C)C5)cc4)c3c2)c1. The average Bonchev–Trinajstić information content (AvgIpc) is 3.35. The molecule has 5 nitrogen and oxygen atoms in total. The molecule has 0 amide bonds. The second-order valence-corrected chi connectivity index (χ2v) is 8.85. The van der Waals surface area contributed by atoms with Gasteiger partial charge in [0.15, 0.2) is 0 Å². The zero-order chi connectivity index (χ0) is 22.8. The van der Waals surface area contributed by atoms with Crippen LogP contribution < -0.4 is 15.0 Å². The Morgan fingerprint density at radius 3 is 2.55 bits per heavy atom. The van der Waals surface area contributed by atoms with Gasteiger partial charge in [0.2, 0.25) is 0 Å². The molecule has 1 aliphatic heterocycles. The Morgan fingerprint density at radius 1 is 0.970 bits per heavy atom. The lowest BCUT2D eigenvalue weighted by molar-refractivity contribution is 0.315. The topological polar surface area (TPSA) is 40.6 Å². The molecular formula is C28H30N4O. The van der Waals surface area contributed by atoms with Gasteiger partial charge in [-0.3, -0.25) is 4.98 Å². The van der Waals surface area contributed by atoms with Crippen molar-refractivity contribution in [3.8, 4) is 16.9 Å². The molecule has 0 spiro atoms. The molecule has 1 fully saturated rings. The predicted molar refractivity (Wildman–Crippen MR) is 138 cm³/mol. The minimum absolute atomic E-state index is 0.629. The first-order valence-corrected chi connectivity index (χ1v) is 11.4. The first-order chi connectivity index (χ1) is 16.1. The second-order valence-electron chi connectivity index (χ2n) is 8.85. The summed E-state index contributed by atoms with van der Waals surface area (Å²) in [5, 5.41) is 4.69. The fourth-order valence-electron chi connectivity index (χ4n) is 4.55. The van der Waals surface area contributed by atoms with Gasteiger partial charge in [0.1, 0.15) is 5.75 Å². The summed E-state index contributed by atoms with van der Waals surface area (Å²) in [7, 11) is 6.03. The van der Waals surface area contributed by atoms with E-state index >= 15 is 0 Å². The zero-order valence-electron chi connectivity index (χ0n) is 19.5. The van der Waals surface area contributed by atoms with Gasteiger partial charge in [-0.05, 0) is 86.2 Å². The maximum Gasteiger partial charge on any atom is 0.119 e. The quantitative estimate of drug-likeness (QED) is 0.412. The fraction of sp³-hybridized carbons (Fsp3) is 0.250. The van der Waals surface area contributed by atoms with E-state index in [0.717, 1.165) is 52.2 Å². The van der Waals surface area contributed by atoms with Crippen LogP contribution in [0.2, 0.25) is 0 Å². The van der Waals surface area contributed by atoms with E-state index in [1.54, 1.807) is 7.11 Å². The third-order valence-electron chi connectivity index (χ3n) is 6.55. The smallest absolute Gasteiger partial charge is 0.119 e. The van der Waals surface area contributed by atoms with Crippen LogP contribution >= 0.6 is 0 Å². The standard InChI is InChI=1S/C28H30N4O/c1-31(2)24-14-16-32(19-24)23-10-8-22(9-11-23)30-28-13-15-29-27-12-7-21(18-26(27)28)20-5-4-6-25(17-20)33-3/h4-13,15,17-18,24H,14,16,19H2,1-3H3,(H,29,30). The van der Waals surface area contributed by atoms with Gasteiger partial charge in [0, 0.05) is 47.8 Å². The van der Waals surface area contributed by atoms with Crippen molar-refractivity contribution < 1.29 is 4.74 Å². The van der Waals surface area contributed by atoms with Gasteiger partial charge >= 0.3 is 0 Å². The van der Waals surface area contributed by atoms with Crippen molar-refractivity contribution in [3.05, 3.63) is 79.0 Å². The molecule has 1 N–H and O–H groups in total. The number of ether oxygens (including phenoxy) is 1. The highest BCUT2D eigenvalue weighted by Crippen LogP contribution is 2.32. The van der Waals surface area contributed by atoms with Crippen LogP contribution in [-0.2, 0) is 0 Å². The van der Waals surface area contributed by atoms with Gasteiger partial charge in [-0.1, -0.05) is 18.2 Å². The number of anilines is 3. The maximum absolute atomic E-state index is 5.40. The van der Waals surface area contributed by atoms with Gasteiger partial charge in [-0.15, -0.1) is 0 Å². The van der Waals surface area contributed by atoms with Crippen LogP contribution in [0.1, 0.15) is 6.42 Å². The number of benzene rings is 3. The average molecular weight is 439 g/mol. The summed E-state index contributed by atoms with van der Waals surface area (Å²) in [5.41, 5.74) is 6.63. The van der Waals surface area contributed by atoms with E-state index in [0.29, 0.717) is 6.04 Å². The summed E-state index contributed by atoms with van der Waals surface area (Å²) < 4.78 is 5.40. The van der Waals surface area contributed by atoms with E-state index in [-0.39, 0.29) is 0 Å². The minimum atomic E-state index is 0.629. The maximum atomic E-state index is 5.40. The molecule has 2 heterocycles. The number of nitrogens with one attached hydrogen (secondary N) is 1. The van der Waals surface area contributed by atoms with Crippen molar-refractivity contribution in [2.75, 3.05) is 44.5 Å². The molecule has 1 saturated heterocycles. The molecule has 5 rings (SSSR count). The third-order valence-corrected chi connectivity index (χ3v) is 6.55. The van der Waals surface area contributed by atoms with Crippen LogP contribution in [0.25, 0.3) is 22.0 Å². The lowest BCUT2D eigenvalue weighted by Crippen LogP contribution is -2.31. The molecule has 3 aromatic carbocycles. The highest BCUT2D eigenvalue weighted by atomic mass is 16.5. The van der Waals surface area contributed by atoms with E-state index in [1.165, 1.54) is 12.1 Å². The van der Waals surface area contributed by atoms with Crippen LogP contribution in [-0.4, -0.2) is 50.2 Å². The van der Waals surface area contributed by atoms with Crippen molar-refractivity contribution in [1.82, 2.24) is 9.88 Å². The summed E-state index contributed by atoms with van der Waals surface area (Å²) in [5.74, 6) is 0.854. The number of likely N-dealkylation sites (N-methyl/N-ethyl adjacent to an activating group) is 1. The summed E-state index contributed by atoms with van der Waals surface area (Å²) >= 11 is 0. The lowest BCUT2D eigenvalue weighted by atomic mass is 10.0. The Hall–Kier alpha value is -3.57. The second kappa shape index (κ2) is 9.12. The Labute approximate surface area is 195 Å². The molecule has 33 heavy (non-hydrogen) atoms. The largest absolute Gasteiger partial charge is 0.497 e. The molecular weight excluding hydrogens is 408 g/mol. The van der Waals surface area contributed by atoms with E-state index < -0.39 is 0 Å². The van der Waals surface area contributed by atoms with E-state index in [9.17, 15) is 0 Å². The Balaban J connectivity index is 1.39. The Morgan fingerprint density at radius 2 is 1.79 bits per heavy atom. The normalized spacial score (nSPS) is 15.9. The zero-order valence-corrected chi connectivity index (χ0v) is 19.5. The van der Waals surface area contributed by atoms with E-state index in [1.807, 2.05) is 24.4 Å². The number of nitrogens with zero attached hydrogens (tertiary/aromatic N) is 3. The fourth-order valence-corrected chi connectivity index (χ4v) is 4.55. The van der Waals surface area contributed by atoms with Gasteiger partial charge in [-0.2, -0.15) is 0 Å². The summed E-state index contributed by atoms with van der Waals surface area (Å²) in [6, 6.07) is 25.9. The molecule has 1 atom stereocenters. The van der Waals surface area contributed by atoms with E-state index in [4.69, 9.17) is 4.74 Å². The van der Waals surface area contributed by atoms with Crippen LogP contribution in [0, 0.1) is 0 Å². The number of fused-ring (bicyclic) bond motifs is 1. The highest BCUT2D eigenvalue weighted by molar-refractivity contribution is 5.95. The lowest BCUT2D eigenvalue weighted by Gasteiger charge is -2.22. The summed E-state index contributed by atoms with van der Waals surface area (Å²) in [6.45, 7) is 2.19. The van der Waals surface area contributed by atoms with Crippen LogP contribution in [0.3, 0.4) is 0 Å². The summed E-state index contributed by atoms with van der Waals surface area (Å²) in [6.07, 6.45) is 3.07. The number of rotatable bonds is 6. The molecule has 4 aromatic rings. The minimum Gasteiger partial charge on any atom is -0.497 e. The molecule has 168 valence electrons. The molecule has 0 bridgehead atoms. The highest BCUT2D eigenvalue weighted by Gasteiger charge is 2.23. The monoisotopic (exact) mass is 438 g/mol. The molecule has 0 radical (unpaired) electrons. The van der Waals surface area contributed by atoms with Crippen LogP contribution in [0.15, 0.2) is 79.0 Å². The molecule has 1 aromatic heterocycles. The third kappa shape index (κ3) is 4.50. The van der Waals surface area contributed by atoms with Gasteiger partial charge in [0.25, 0.3) is 0 Å². The number of hydrogen-bond donors (Lipinski definition) is 1. The van der Waals surface area contributed by atoms with E-state index in [2.05, 4.69) is 88.8 Å². The van der Waals surface area contributed by atoms with Crippen molar-refractivity contribution >= 4 is 28.0 Å². The van der Waals surface area contributed by atoms with Crippen LogP contribution in [0.5, 0.6) is 5.75 Å². The number of aromatic nitrogens is 1. The molecule has 0 saturated carbocycles. The van der Waals surface area contributed by atoms with Crippen molar-refractivity contribution in [1.29, 1.82) is 0 Å². The van der Waals surface area contributed by atoms with Crippen molar-refractivity contribution in [2.24, 2.45) is 0 Å².